The van der Waals surface area contributed by atoms with E-state index in [9.17, 15) is 14.4 Å². The predicted octanol–water partition coefficient (Wildman–Crippen LogP) is 4.50. The molecule has 212 valence electrons. The van der Waals surface area contributed by atoms with Gasteiger partial charge in [0.05, 0.1) is 18.0 Å². The molecule has 1 N–H and O–H groups in total. The van der Waals surface area contributed by atoms with Gasteiger partial charge in [-0.25, -0.2) is 4.79 Å². The van der Waals surface area contributed by atoms with E-state index in [1.165, 1.54) is 0 Å². The Morgan fingerprint density at radius 2 is 1.57 bits per heavy atom. The average Bonchev–Trinajstić information content (AvgIpc) is 3.32. The zero-order valence-electron chi connectivity index (χ0n) is 23.8. The van der Waals surface area contributed by atoms with E-state index in [4.69, 9.17) is 9.47 Å². The number of amides is 3. The first-order chi connectivity index (χ1) is 19.2. The molecular weight excluding hydrogens is 510 g/mol. The number of aryl methyl sites for hydroxylation is 3. The van der Waals surface area contributed by atoms with Gasteiger partial charge in [0.15, 0.2) is 0 Å². The first-order valence-electron chi connectivity index (χ1n) is 13.5. The predicted molar refractivity (Wildman–Crippen MR) is 151 cm³/mol. The van der Waals surface area contributed by atoms with Crippen LogP contribution in [0.5, 0.6) is 5.75 Å². The van der Waals surface area contributed by atoms with Crippen LogP contribution in [-0.4, -0.2) is 70.3 Å². The lowest BCUT2D eigenvalue weighted by Gasteiger charge is -2.35. The van der Waals surface area contributed by atoms with Crippen molar-refractivity contribution in [2.45, 2.75) is 47.3 Å². The van der Waals surface area contributed by atoms with Crippen LogP contribution in [0.1, 0.15) is 52.6 Å². The molecular formula is C30H37N5O5. The molecule has 0 aliphatic carbocycles. The molecule has 4 rings (SSSR count). The zero-order valence-corrected chi connectivity index (χ0v) is 23.8. The fraction of sp³-hybridized carbons (Fsp3) is 0.400. The molecule has 1 aliphatic heterocycles. The molecule has 40 heavy (non-hydrogen) atoms. The van der Waals surface area contributed by atoms with Crippen molar-refractivity contribution in [1.82, 2.24) is 19.6 Å². The van der Waals surface area contributed by atoms with Gasteiger partial charge in [0, 0.05) is 37.9 Å². The number of para-hydroxylation sites is 1. The first kappa shape index (κ1) is 28.7. The number of rotatable bonds is 8. The number of hydrogen-bond donors (Lipinski definition) is 1. The summed E-state index contributed by atoms with van der Waals surface area (Å²) in [7, 11) is 0. The molecule has 1 unspecified atom stereocenters. The van der Waals surface area contributed by atoms with Crippen molar-refractivity contribution >= 4 is 23.6 Å². The summed E-state index contributed by atoms with van der Waals surface area (Å²) < 4.78 is 12.6. The number of nitrogens with one attached hydrogen (secondary N) is 1. The number of benzene rings is 2. The quantitative estimate of drug-likeness (QED) is 0.445. The van der Waals surface area contributed by atoms with Crippen LogP contribution in [-0.2, 0) is 16.1 Å². The maximum absolute atomic E-state index is 13.1. The van der Waals surface area contributed by atoms with Gasteiger partial charge in [0.1, 0.15) is 18.4 Å². The van der Waals surface area contributed by atoms with Crippen molar-refractivity contribution in [2.24, 2.45) is 0 Å². The Morgan fingerprint density at radius 3 is 2.20 bits per heavy atom. The van der Waals surface area contributed by atoms with Crippen LogP contribution in [0, 0.1) is 20.8 Å². The third-order valence-electron chi connectivity index (χ3n) is 7.04. The summed E-state index contributed by atoms with van der Waals surface area (Å²) in [4.78, 5) is 41.3. The van der Waals surface area contributed by atoms with Crippen LogP contribution >= 0.6 is 0 Å². The second-order valence-corrected chi connectivity index (χ2v) is 9.96. The molecule has 0 saturated carbocycles. The average molecular weight is 548 g/mol. The summed E-state index contributed by atoms with van der Waals surface area (Å²) in [6.07, 6.45) is 1.32. The minimum absolute atomic E-state index is 0.0948. The number of anilines is 1. The molecule has 3 aromatic rings. The minimum atomic E-state index is -0.560. The molecule has 1 saturated heterocycles. The number of piperazine rings is 1. The Hall–Kier alpha value is -4.34. The lowest BCUT2D eigenvalue weighted by atomic mass is 10.1. The lowest BCUT2D eigenvalue weighted by molar-refractivity contribution is -0.136. The highest BCUT2D eigenvalue weighted by molar-refractivity contribution is 6.04. The highest BCUT2D eigenvalue weighted by Crippen LogP contribution is 2.24. The van der Waals surface area contributed by atoms with E-state index in [0.29, 0.717) is 56.3 Å². The zero-order chi connectivity index (χ0) is 28.8. The van der Waals surface area contributed by atoms with E-state index in [1.807, 2.05) is 44.2 Å². The van der Waals surface area contributed by atoms with Crippen molar-refractivity contribution in [1.29, 1.82) is 0 Å². The van der Waals surface area contributed by atoms with Crippen molar-refractivity contribution in [2.75, 3.05) is 38.1 Å². The maximum Gasteiger partial charge on any atom is 0.409 e. The van der Waals surface area contributed by atoms with Gasteiger partial charge in [-0.15, -0.1) is 0 Å². The number of hydrogen-bond acceptors (Lipinski definition) is 6. The third kappa shape index (κ3) is 6.62. The Bertz CT molecular complexity index is 1340. The van der Waals surface area contributed by atoms with Crippen LogP contribution in [0.25, 0.3) is 0 Å². The van der Waals surface area contributed by atoms with Gasteiger partial charge >= 0.3 is 6.09 Å². The molecule has 1 fully saturated rings. The molecule has 0 radical (unpaired) electrons. The van der Waals surface area contributed by atoms with E-state index in [1.54, 1.807) is 53.6 Å². The number of nitrogens with zero attached hydrogens (tertiary/aromatic N) is 4. The van der Waals surface area contributed by atoms with E-state index in [2.05, 4.69) is 10.4 Å². The van der Waals surface area contributed by atoms with E-state index < -0.39 is 6.04 Å². The second kappa shape index (κ2) is 12.7. The largest absolute Gasteiger partial charge is 0.488 e. The normalized spacial score (nSPS) is 14.0. The number of carbonyl (C=O) groups excluding carboxylic acids is 3. The van der Waals surface area contributed by atoms with Crippen LogP contribution in [0.3, 0.4) is 0 Å². The fourth-order valence-corrected chi connectivity index (χ4v) is 4.63. The highest BCUT2D eigenvalue weighted by atomic mass is 16.6. The van der Waals surface area contributed by atoms with Crippen LogP contribution in [0.2, 0.25) is 0 Å². The first-order valence-corrected chi connectivity index (χ1v) is 13.5. The molecule has 2 heterocycles. The lowest BCUT2D eigenvalue weighted by Crippen LogP contribution is -2.52. The van der Waals surface area contributed by atoms with E-state index in [0.717, 1.165) is 22.4 Å². The molecule has 0 spiro atoms. The summed E-state index contributed by atoms with van der Waals surface area (Å²) in [5, 5.41) is 7.38. The fourth-order valence-electron chi connectivity index (χ4n) is 4.63. The second-order valence-electron chi connectivity index (χ2n) is 9.96. The Balaban J connectivity index is 1.33. The number of ether oxygens (including phenoxy) is 2. The van der Waals surface area contributed by atoms with Gasteiger partial charge in [-0.3, -0.25) is 14.3 Å². The Kier molecular flexibility index (Phi) is 9.08. The number of carbonyl (C=O) groups is 3. The standard InChI is InChI=1S/C30H37N5O5/c1-6-39-30(38)34-16-14-33(15-17-34)29(37)23(5)35-18-26(22(4)32-35)31-28(36)25-12-10-24(11-13-25)19-40-27-20(2)8-7-9-21(27)3/h7-13,18,23H,6,14-17,19H2,1-5H3,(H,31,36). The van der Waals surface area contributed by atoms with Crippen LogP contribution in [0.4, 0.5) is 10.5 Å². The molecule has 10 heteroatoms. The van der Waals surface area contributed by atoms with Crippen molar-refractivity contribution < 1.29 is 23.9 Å². The monoisotopic (exact) mass is 547 g/mol. The van der Waals surface area contributed by atoms with Gasteiger partial charge in [-0.05, 0) is 63.4 Å². The molecule has 0 bridgehead atoms. The van der Waals surface area contributed by atoms with Crippen molar-refractivity contribution in [3.05, 3.63) is 76.6 Å². The molecule has 2 aromatic carbocycles. The summed E-state index contributed by atoms with van der Waals surface area (Å²) in [6.45, 7) is 11.8. The van der Waals surface area contributed by atoms with Gasteiger partial charge in [-0.1, -0.05) is 30.3 Å². The summed E-state index contributed by atoms with van der Waals surface area (Å²) in [5.41, 5.74) is 4.78. The van der Waals surface area contributed by atoms with Crippen LogP contribution in [0.15, 0.2) is 48.7 Å². The molecule has 3 amide bonds. The van der Waals surface area contributed by atoms with Gasteiger partial charge in [0.25, 0.3) is 5.91 Å². The summed E-state index contributed by atoms with van der Waals surface area (Å²) in [6, 6.07) is 12.8. The minimum Gasteiger partial charge on any atom is -0.488 e. The van der Waals surface area contributed by atoms with Crippen molar-refractivity contribution in [3.63, 3.8) is 0 Å². The van der Waals surface area contributed by atoms with Gasteiger partial charge in [-0.2, -0.15) is 5.10 Å². The van der Waals surface area contributed by atoms with Crippen LogP contribution < -0.4 is 10.1 Å². The summed E-state index contributed by atoms with van der Waals surface area (Å²) >= 11 is 0. The van der Waals surface area contributed by atoms with Gasteiger partial charge in [0.2, 0.25) is 5.91 Å². The number of aromatic nitrogens is 2. The molecule has 10 nitrogen and oxygen atoms in total. The molecule has 1 atom stereocenters. The van der Waals surface area contributed by atoms with E-state index in [-0.39, 0.29) is 17.9 Å². The maximum atomic E-state index is 13.1. The SMILES string of the molecule is CCOC(=O)N1CCN(C(=O)C(C)n2cc(NC(=O)c3ccc(COc4c(C)cccc4C)cc3)c(C)n2)CC1. The van der Waals surface area contributed by atoms with E-state index >= 15 is 0 Å². The molecule has 1 aliphatic rings. The van der Waals surface area contributed by atoms with Crippen molar-refractivity contribution in [3.8, 4) is 5.75 Å². The Labute approximate surface area is 234 Å². The smallest absolute Gasteiger partial charge is 0.409 e. The third-order valence-corrected chi connectivity index (χ3v) is 7.04. The topological polar surface area (TPSA) is 106 Å². The molecule has 1 aromatic heterocycles. The van der Waals surface area contributed by atoms with Gasteiger partial charge < -0.3 is 24.6 Å². The summed E-state index contributed by atoms with van der Waals surface area (Å²) in [5.74, 6) is 0.518. The highest BCUT2D eigenvalue weighted by Gasteiger charge is 2.29. The Morgan fingerprint density at radius 1 is 0.950 bits per heavy atom.